The lowest BCUT2D eigenvalue weighted by Crippen LogP contribution is -2.22. The van der Waals surface area contributed by atoms with Crippen LogP contribution in [-0.2, 0) is 22.7 Å². The van der Waals surface area contributed by atoms with Crippen LogP contribution in [0, 0.1) is 0 Å². The summed E-state index contributed by atoms with van der Waals surface area (Å²) < 4.78 is 16.2. The molecule has 2 rings (SSSR count). The number of nitrogens with zero attached hydrogens (tertiary/aromatic N) is 1. The normalized spacial score (nSPS) is 19.4. The van der Waals surface area contributed by atoms with Crippen molar-refractivity contribution in [1.29, 1.82) is 0 Å². The number of hydrogen-bond donors (Lipinski definition) is 1. The first-order valence-corrected chi connectivity index (χ1v) is 6.68. The third-order valence-corrected chi connectivity index (χ3v) is 3.38. The fourth-order valence-corrected chi connectivity index (χ4v) is 2.23. The molecule has 1 aliphatic rings. The molecule has 19 heavy (non-hydrogen) atoms. The standard InChI is InChI=1S/C13H18ClNO4/c1-17-12-6-10(14)9(11(7-16)15-12)8-19-13-4-2-3-5-18-13/h6,13,16H,2-5,7-8H2,1H3. The predicted octanol–water partition coefficient (Wildman–Crippen LogP) is 2.28. The van der Waals surface area contributed by atoms with Gasteiger partial charge in [-0.15, -0.1) is 0 Å². The van der Waals surface area contributed by atoms with E-state index in [1.165, 1.54) is 7.11 Å². The second-order valence-corrected chi connectivity index (χ2v) is 4.74. The molecule has 5 nitrogen and oxygen atoms in total. The van der Waals surface area contributed by atoms with Crippen LogP contribution >= 0.6 is 11.6 Å². The molecule has 0 saturated carbocycles. The van der Waals surface area contributed by atoms with E-state index in [-0.39, 0.29) is 19.5 Å². The third-order valence-electron chi connectivity index (χ3n) is 3.04. The van der Waals surface area contributed by atoms with Crippen molar-refractivity contribution in [3.8, 4) is 5.88 Å². The van der Waals surface area contributed by atoms with Gasteiger partial charge >= 0.3 is 0 Å². The van der Waals surface area contributed by atoms with Gasteiger partial charge in [-0.3, -0.25) is 0 Å². The van der Waals surface area contributed by atoms with E-state index in [0.29, 0.717) is 22.2 Å². The van der Waals surface area contributed by atoms with E-state index in [1.807, 2.05) is 0 Å². The number of aliphatic hydroxyl groups is 1. The van der Waals surface area contributed by atoms with Crippen LogP contribution < -0.4 is 4.74 Å². The minimum absolute atomic E-state index is 0.196. The quantitative estimate of drug-likeness (QED) is 0.900. The molecule has 0 aliphatic carbocycles. The van der Waals surface area contributed by atoms with E-state index in [9.17, 15) is 5.11 Å². The Bertz CT molecular complexity index is 421. The fourth-order valence-electron chi connectivity index (χ4n) is 1.97. The van der Waals surface area contributed by atoms with E-state index in [1.54, 1.807) is 6.07 Å². The molecule has 0 bridgehead atoms. The highest BCUT2D eigenvalue weighted by molar-refractivity contribution is 6.31. The van der Waals surface area contributed by atoms with Crippen molar-refractivity contribution in [2.75, 3.05) is 13.7 Å². The lowest BCUT2D eigenvalue weighted by molar-refractivity contribution is -0.169. The molecule has 1 aromatic rings. The molecular weight excluding hydrogens is 270 g/mol. The molecule has 1 fully saturated rings. The van der Waals surface area contributed by atoms with E-state index >= 15 is 0 Å². The highest BCUT2D eigenvalue weighted by Crippen LogP contribution is 2.26. The topological polar surface area (TPSA) is 60.8 Å². The molecule has 1 aromatic heterocycles. The predicted molar refractivity (Wildman–Crippen MR) is 70.1 cm³/mol. The number of aromatic nitrogens is 1. The fraction of sp³-hybridized carbons (Fsp3) is 0.615. The van der Waals surface area contributed by atoms with Crippen molar-refractivity contribution >= 4 is 11.6 Å². The van der Waals surface area contributed by atoms with Crippen LogP contribution in [0.4, 0.5) is 0 Å². The first-order valence-electron chi connectivity index (χ1n) is 6.31. The molecule has 1 atom stereocenters. The number of methoxy groups -OCH3 is 1. The summed E-state index contributed by atoms with van der Waals surface area (Å²) in [6.07, 6.45) is 2.87. The SMILES string of the molecule is COc1cc(Cl)c(COC2CCCCO2)c(CO)n1. The Balaban J connectivity index is 2.05. The molecule has 0 radical (unpaired) electrons. The molecule has 6 heteroatoms. The van der Waals surface area contributed by atoms with E-state index in [0.717, 1.165) is 25.9 Å². The Morgan fingerprint density at radius 1 is 1.53 bits per heavy atom. The van der Waals surface area contributed by atoms with Gasteiger partial charge in [0.1, 0.15) is 0 Å². The second-order valence-electron chi connectivity index (χ2n) is 4.34. The number of ether oxygens (including phenoxy) is 3. The molecular formula is C13H18ClNO4. The van der Waals surface area contributed by atoms with Gasteiger partial charge in [0.05, 0.1) is 31.0 Å². The number of rotatable bonds is 5. The summed E-state index contributed by atoms with van der Waals surface area (Å²) in [5, 5.41) is 9.81. The van der Waals surface area contributed by atoms with Crippen molar-refractivity contribution in [1.82, 2.24) is 4.98 Å². The zero-order chi connectivity index (χ0) is 13.7. The Labute approximate surface area is 117 Å². The molecule has 1 saturated heterocycles. The molecule has 2 heterocycles. The Hall–Kier alpha value is -0.880. The van der Waals surface area contributed by atoms with Gasteiger partial charge in [0.25, 0.3) is 0 Å². The second kappa shape index (κ2) is 7.05. The van der Waals surface area contributed by atoms with E-state index in [2.05, 4.69) is 4.98 Å². The van der Waals surface area contributed by atoms with E-state index in [4.69, 9.17) is 25.8 Å². The van der Waals surface area contributed by atoms with Gasteiger partial charge in [-0.2, -0.15) is 0 Å². The minimum atomic E-state index is -0.207. The summed E-state index contributed by atoms with van der Waals surface area (Å²) in [5.41, 5.74) is 1.15. The average Bonchev–Trinajstić information content (AvgIpc) is 2.46. The van der Waals surface area contributed by atoms with Crippen molar-refractivity contribution in [2.24, 2.45) is 0 Å². The summed E-state index contributed by atoms with van der Waals surface area (Å²) in [6, 6.07) is 1.61. The summed E-state index contributed by atoms with van der Waals surface area (Å²) >= 11 is 6.16. The minimum Gasteiger partial charge on any atom is -0.481 e. The van der Waals surface area contributed by atoms with Crippen LogP contribution in [0.5, 0.6) is 5.88 Å². The van der Waals surface area contributed by atoms with Gasteiger partial charge in [0.15, 0.2) is 6.29 Å². The van der Waals surface area contributed by atoms with Gasteiger partial charge in [0.2, 0.25) is 5.88 Å². The number of pyridine rings is 1. The third kappa shape index (κ3) is 3.79. The Morgan fingerprint density at radius 3 is 3.00 bits per heavy atom. The maximum atomic E-state index is 9.34. The molecule has 1 unspecified atom stereocenters. The molecule has 1 aliphatic heterocycles. The average molecular weight is 288 g/mol. The molecule has 0 amide bonds. The van der Waals surface area contributed by atoms with Crippen molar-refractivity contribution in [2.45, 2.75) is 38.8 Å². The van der Waals surface area contributed by atoms with Gasteiger partial charge in [-0.1, -0.05) is 11.6 Å². The Kier molecular flexibility index (Phi) is 5.39. The molecule has 0 spiro atoms. The summed E-state index contributed by atoms with van der Waals surface area (Å²) in [5.74, 6) is 0.381. The zero-order valence-electron chi connectivity index (χ0n) is 10.9. The first kappa shape index (κ1) is 14.5. The maximum Gasteiger partial charge on any atom is 0.214 e. The van der Waals surface area contributed by atoms with E-state index < -0.39 is 0 Å². The largest absolute Gasteiger partial charge is 0.481 e. The van der Waals surface area contributed by atoms with Crippen LogP contribution in [0.25, 0.3) is 0 Å². The smallest absolute Gasteiger partial charge is 0.214 e. The Morgan fingerprint density at radius 2 is 2.37 bits per heavy atom. The lowest BCUT2D eigenvalue weighted by Gasteiger charge is -2.23. The summed E-state index contributed by atoms with van der Waals surface area (Å²) in [7, 11) is 1.51. The monoisotopic (exact) mass is 287 g/mol. The molecule has 106 valence electrons. The van der Waals surface area contributed by atoms with Crippen molar-refractivity contribution < 1.29 is 19.3 Å². The molecule has 0 aromatic carbocycles. The van der Waals surface area contributed by atoms with Gasteiger partial charge < -0.3 is 19.3 Å². The summed E-state index contributed by atoms with van der Waals surface area (Å²) in [4.78, 5) is 4.16. The maximum absolute atomic E-state index is 9.34. The van der Waals surface area contributed by atoms with Crippen LogP contribution in [0.2, 0.25) is 5.02 Å². The zero-order valence-corrected chi connectivity index (χ0v) is 11.7. The highest BCUT2D eigenvalue weighted by Gasteiger charge is 2.17. The number of halogens is 1. The van der Waals surface area contributed by atoms with Crippen molar-refractivity contribution in [3.05, 3.63) is 22.3 Å². The van der Waals surface area contributed by atoms with Gasteiger partial charge in [-0.05, 0) is 19.3 Å². The highest BCUT2D eigenvalue weighted by atomic mass is 35.5. The van der Waals surface area contributed by atoms with Crippen LogP contribution in [0.1, 0.15) is 30.5 Å². The van der Waals surface area contributed by atoms with Crippen LogP contribution in [0.3, 0.4) is 0 Å². The summed E-state index contributed by atoms with van der Waals surface area (Å²) in [6.45, 7) is 0.795. The van der Waals surface area contributed by atoms with Crippen LogP contribution in [-0.4, -0.2) is 30.1 Å². The van der Waals surface area contributed by atoms with Gasteiger partial charge in [-0.25, -0.2) is 4.98 Å². The number of hydrogen-bond acceptors (Lipinski definition) is 5. The lowest BCUT2D eigenvalue weighted by atomic mass is 10.2. The number of aliphatic hydroxyl groups excluding tert-OH is 1. The van der Waals surface area contributed by atoms with Gasteiger partial charge in [0, 0.05) is 18.2 Å². The molecule has 1 N–H and O–H groups in total. The van der Waals surface area contributed by atoms with Crippen LogP contribution in [0.15, 0.2) is 6.07 Å². The van der Waals surface area contributed by atoms with Crippen molar-refractivity contribution in [3.63, 3.8) is 0 Å². The first-order chi connectivity index (χ1) is 9.24.